The third-order valence-corrected chi connectivity index (χ3v) is 2.56. The molecule has 0 aromatic heterocycles. The molecule has 0 aliphatic rings. The van der Waals surface area contributed by atoms with E-state index in [9.17, 15) is 0 Å². The minimum Gasteiger partial charge on any atom is -0.102 e. The van der Waals surface area contributed by atoms with E-state index >= 15 is 0 Å². The van der Waals surface area contributed by atoms with Crippen molar-refractivity contribution in [2.75, 3.05) is 0 Å². The summed E-state index contributed by atoms with van der Waals surface area (Å²) in [6, 6.07) is 6.25. The molecule has 1 radical (unpaired) electrons. The molecule has 1 rings (SSSR count). The monoisotopic (exact) mass is 223 g/mol. The van der Waals surface area contributed by atoms with E-state index in [2.05, 4.69) is 48.5 Å². The van der Waals surface area contributed by atoms with Crippen molar-refractivity contribution in [3.8, 4) is 0 Å². The number of rotatable bonds is 2. The number of halogens is 1. The van der Waals surface area contributed by atoms with Gasteiger partial charge in [0.05, 0.1) is 0 Å². The first-order chi connectivity index (χ1) is 5.65. The average molecular weight is 224 g/mol. The van der Waals surface area contributed by atoms with Gasteiger partial charge in [0.25, 0.3) is 0 Å². The van der Waals surface area contributed by atoms with Gasteiger partial charge in [-0.2, -0.15) is 0 Å². The van der Waals surface area contributed by atoms with Crippen molar-refractivity contribution in [3.05, 3.63) is 53.4 Å². The van der Waals surface area contributed by atoms with Crippen LogP contribution < -0.4 is 0 Å². The van der Waals surface area contributed by atoms with E-state index < -0.39 is 0 Å². The van der Waals surface area contributed by atoms with Crippen LogP contribution in [0.1, 0.15) is 17.0 Å². The fraction of sp³-hybridized carbons (Fsp3) is 0.182. The van der Waals surface area contributed by atoms with Gasteiger partial charge in [0.2, 0.25) is 0 Å². The van der Waals surface area contributed by atoms with Gasteiger partial charge in [-0.25, -0.2) is 0 Å². The molecule has 0 aliphatic heterocycles. The van der Waals surface area contributed by atoms with E-state index in [-0.39, 0.29) is 5.92 Å². The number of benzene rings is 1. The maximum atomic E-state index is 3.98. The van der Waals surface area contributed by atoms with Gasteiger partial charge in [0.1, 0.15) is 0 Å². The highest BCUT2D eigenvalue weighted by Gasteiger charge is 2.05. The van der Waals surface area contributed by atoms with Crippen LogP contribution in [0, 0.1) is 13.8 Å². The summed E-state index contributed by atoms with van der Waals surface area (Å²) in [5.74, 6) is 0.166. The van der Waals surface area contributed by atoms with Crippen LogP contribution in [-0.4, -0.2) is 0 Å². The van der Waals surface area contributed by atoms with Crippen LogP contribution in [0.3, 0.4) is 0 Å². The van der Waals surface area contributed by atoms with E-state index in [1.54, 1.807) is 0 Å². The smallest absolute Gasteiger partial charge is 0.0213 e. The van der Waals surface area contributed by atoms with Crippen molar-refractivity contribution in [2.45, 2.75) is 12.8 Å². The van der Waals surface area contributed by atoms with Crippen molar-refractivity contribution in [1.82, 2.24) is 0 Å². The lowest BCUT2D eigenvalue weighted by Crippen LogP contribution is -1.91. The highest BCUT2D eigenvalue weighted by atomic mass is 79.9. The van der Waals surface area contributed by atoms with E-state index in [1.807, 2.05) is 12.1 Å². The summed E-state index contributed by atoms with van der Waals surface area (Å²) in [4.78, 5) is 0. The van der Waals surface area contributed by atoms with Gasteiger partial charge < -0.3 is 0 Å². The maximum Gasteiger partial charge on any atom is 0.0213 e. The second-order valence-electron chi connectivity index (χ2n) is 2.87. The number of hydrogen-bond donors (Lipinski definition) is 0. The number of hydrogen-bond acceptors (Lipinski definition) is 0. The summed E-state index contributed by atoms with van der Waals surface area (Å²) in [5.41, 5.74) is 2.45. The molecule has 0 heterocycles. The van der Waals surface area contributed by atoms with Gasteiger partial charge in [0, 0.05) is 10.4 Å². The first-order valence-corrected chi connectivity index (χ1v) is 4.66. The molecule has 1 heteroatoms. The molecule has 1 atom stereocenters. The van der Waals surface area contributed by atoms with Crippen molar-refractivity contribution in [2.24, 2.45) is 0 Å². The third-order valence-electron chi connectivity index (χ3n) is 1.84. The summed E-state index contributed by atoms with van der Waals surface area (Å²) < 4.78 is 1.10. The molecule has 12 heavy (non-hydrogen) atoms. The summed E-state index contributed by atoms with van der Waals surface area (Å²) in [5, 5.41) is 0. The zero-order valence-electron chi connectivity index (χ0n) is 7.18. The van der Waals surface area contributed by atoms with E-state index in [4.69, 9.17) is 0 Å². The van der Waals surface area contributed by atoms with Crippen LogP contribution in [0.25, 0.3) is 0 Å². The Labute approximate surface area is 82.4 Å². The van der Waals surface area contributed by atoms with Crippen LogP contribution in [0.2, 0.25) is 0 Å². The van der Waals surface area contributed by atoms with Gasteiger partial charge in [-0.05, 0) is 25.5 Å². The lowest BCUT2D eigenvalue weighted by molar-refractivity contribution is 1.07. The van der Waals surface area contributed by atoms with Gasteiger partial charge in [0.15, 0.2) is 0 Å². The van der Waals surface area contributed by atoms with Gasteiger partial charge >= 0.3 is 0 Å². The molecule has 1 aromatic carbocycles. The number of allylic oxidation sites excluding steroid dienone is 1. The Hall–Kier alpha value is -0.560. The largest absolute Gasteiger partial charge is 0.102 e. The second-order valence-corrected chi connectivity index (χ2v) is 3.72. The highest BCUT2D eigenvalue weighted by molar-refractivity contribution is 9.10. The SMILES string of the molecule is [CH2]C(C=C)c1cc(C)ccc1Br. The molecule has 1 unspecified atom stereocenters. The normalized spacial score (nSPS) is 12.6. The Morgan fingerprint density at radius 3 is 2.75 bits per heavy atom. The molecule has 1 aromatic rings. The van der Waals surface area contributed by atoms with Crippen LogP contribution >= 0.6 is 15.9 Å². The standard InChI is InChI=1S/C11H12Br/c1-4-9(3)10-7-8(2)5-6-11(10)12/h4-7,9H,1,3H2,2H3. The van der Waals surface area contributed by atoms with Crippen LogP contribution in [-0.2, 0) is 0 Å². The third kappa shape index (κ3) is 1.98. The molecule has 0 N–H and O–H groups in total. The van der Waals surface area contributed by atoms with E-state index in [1.165, 1.54) is 11.1 Å². The molecule has 0 bridgehead atoms. The molecule has 63 valence electrons. The fourth-order valence-electron chi connectivity index (χ4n) is 1.07. The Balaban J connectivity index is 3.12. The zero-order chi connectivity index (χ0) is 9.14. The summed E-state index contributed by atoms with van der Waals surface area (Å²) >= 11 is 3.48. The predicted molar refractivity (Wildman–Crippen MR) is 57.2 cm³/mol. The highest BCUT2D eigenvalue weighted by Crippen LogP contribution is 2.25. The Morgan fingerprint density at radius 2 is 2.17 bits per heavy atom. The first kappa shape index (κ1) is 9.53. The maximum absolute atomic E-state index is 3.98. The number of aryl methyl sites for hydroxylation is 1. The molecule has 0 fully saturated rings. The van der Waals surface area contributed by atoms with Crippen LogP contribution in [0.15, 0.2) is 35.3 Å². The second kappa shape index (κ2) is 3.90. The topological polar surface area (TPSA) is 0 Å². The van der Waals surface area contributed by atoms with Crippen molar-refractivity contribution >= 4 is 15.9 Å². The summed E-state index contributed by atoms with van der Waals surface area (Å²) in [7, 11) is 0. The minimum absolute atomic E-state index is 0.166. The van der Waals surface area contributed by atoms with E-state index in [0.717, 1.165) is 4.47 Å². The average Bonchev–Trinajstić information content (AvgIpc) is 2.08. The predicted octanol–water partition coefficient (Wildman–Crippen LogP) is 3.86. The Kier molecular flexibility index (Phi) is 3.10. The van der Waals surface area contributed by atoms with Crippen molar-refractivity contribution in [3.63, 3.8) is 0 Å². The molecule has 0 saturated carbocycles. The zero-order valence-corrected chi connectivity index (χ0v) is 8.76. The van der Waals surface area contributed by atoms with Crippen molar-refractivity contribution in [1.29, 1.82) is 0 Å². The molecular weight excluding hydrogens is 212 g/mol. The summed E-state index contributed by atoms with van der Waals surface area (Å²) in [6.45, 7) is 9.78. The molecule has 0 amide bonds. The first-order valence-electron chi connectivity index (χ1n) is 3.87. The lowest BCUT2D eigenvalue weighted by atomic mass is 10.00. The fourth-order valence-corrected chi connectivity index (χ4v) is 1.61. The van der Waals surface area contributed by atoms with Gasteiger partial charge in [-0.1, -0.05) is 39.7 Å². The molecule has 0 nitrogen and oxygen atoms in total. The minimum atomic E-state index is 0.166. The van der Waals surface area contributed by atoms with Gasteiger partial charge in [-0.15, -0.1) is 6.58 Å². The Morgan fingerprint density at radius 1 is 1.50 bits per heavy atom. The van der Waals surface area contributed by atoms with Crippen LogP contribution in [0.4, 0.5) is 0 Å². The molecule has 0 saturated heterocycles. The lowest BCUT2D eigenvalue weighted by Gasteiger charge is -2.09. The van der Waals surface area contributed by atoms with E-state index in [0.29, 0.717) is 0 Å². The molecular formula is C11H12Br. The van der Waals surface area contributed by atoms with Crippen LogP contribution in [0.5, 0.6) is 0 Å². The quantitative estimate of drug-likeness (QED) is 0.669. The van der Waals surface area contributed by atoms with Crippen molar-refractivity contribution < 1.29 is 0 Å². The molecule has 0 spiro atoms. The Bertz CT molecular complexity index is 289. The van der Waals surface area contributed by atoms with Gasteiger partial charge in [-0.3, -0.25) is 0 Å². The molecule has 0 aliphatic carbocycles. The summed E-state index contributed by atoms with van der Waals surface area (Å²) in [6.07, 6.45) is 1.85.